The normalized spacial score (nSPS) is 9.69. The van der Waals surface area contributed by atoms with Crippen LogP contribution in [-0.4, -0.2) is 13.0 Å². The molecule has 0 unspecified atom stereocenters. The number of unbranched alkanes of at least 4 members (excludes halogenated alkanes) is 1. The maximum absolute atomic E-state index is 10.7. The van der Waals surface area contributed by atoms with E-state index in [0.29, 0.717) is 5.57 Å². The van der Waals surface area contributed by atoms with Crippen LogP contribution in [0.1, 0.15) is 33.6 Å². The molecule has 0 bridgehead atoms. The van der Waals surface area contributed by atoms with Gasteiger partial charge in [-0.1, -0.05) is 45.4 Å². The van der Waals surface area contributed by atoms with E-state index in [1.165, 1.54) is 12.8 Å². The van der Waals surface area contributed by atoms with Crippen LogP contribution in [0.25, 0.3) is 0 Å². The van der Waals surface area contributed by atoms with Crippen LogP contribution in [-0.2, 0) is 4.79 Å². The summed E-state index contributed by atoms with van der Waals surface area (Å²) in [5, 5.41) is 2.49. The Morgan fingerprint density at radius 1 is 1.38 bits per heavy atom. The van der Waals surface area contributed by atoms with Crippen molar-refractivity contribution in [2.24, 2.45) is 0 Å². The highest BCUT2D eigenvalue weighted by atomic mass is 16.1. The van der Waals surface area contributed by atoms with Gasteiger partial charge >= 0.3 is 0 Å². The van der Waals surface area contributed by atoms with E-state index in [2.05, 4.69) is 25.7 Å². The lowest BCUT2D eigenvalue weighted by atomic mass is 10.2. The van der Waals surface area contributed by atoms with Crippen molar-refractivity contribution in [2.45, 2.75) is 33.6 Å². The highest BCUT2D eigenvalue weighted by Crippen LogP contribution is 1.90. The molecule has 0 aliphatic rings. The third-order valence-electron chi connectivity index (χ3n) is 1.45. The van der Waals surface area contributed by atoms with Crippen LogP contribution < -0.4 is 5.32 Å². The summed E-state index contributed by atoms with van der Waals surface area (Å²) in [6.45, 7) is 9.56. The molecule has 0 spiro atoms. The van der Waals surface area contributed by atoms with Gasteiger partial charge in [-0.25, -0.2) is 0 Å². The van der Waals surface area contributed by atoms with E-state index in [9.17, 15) is 4.79 Å². The highest BCUT2D eigenvalue weighted by Gasteiger charge is 1.95. The molecule has 0 aliphatic carbocycles. The summed E-state index contributed by atoms with van der Waals surface area (Å²) in [7, 11) is 1.60. The molecule has 2 heteroatoms. The monoisotopic (exact) mass is 183 g/mol. The first-order valence-corrected chi connectivity index (χ1v) is 4.65. The van der Waals surface area contributed by atoms with Gasteiger partial charge in [0.25, 0.3) is 0 Å². The molecular weight excluding hydrogens is 162 g/mol. The van der Waals surface area contributed by atoms with Crippen LogP contribution in [0.3, 0.4) is 0 Å². The zero-order valence-electron chi connectivity index (χ0n) is 9.18. The van der Waals surface area contributed by atoms with Crippen LogP contribution in [0.4, 0.5) is 0 Å². The van der Waals surface area contributed by atoms with Crippen LogP contribution in [0.15, 0.2) is 24.3 Å². The Balaban J connectivity index is 0. The van der Waals surface area contributed by atoms with Crippen molar-refractivity contribution in [2.75, 3.05) is 7.05 Å². The Kier molecular flexibility index (Phi) is 12.2. The lowest BCUT2D eigenvalue weighted by Gasteiger charge is -1.94. The minimum Gasteiger partial charge on any atom is -0.355 e. The zero-order valence-corrected chi connectivity index (χ0v) is 9.18. The first kappa shape index (κ1) is 14.5. The molecule has 13 heavy (non-hydrogen) atoms. The van der Waals surface area contributed by atoms with Crippen LogP contribution >= 0.6 is 0 Å². The molecule has 0 fully saturated rings. The Morgan fingerprint density at radius 2 is 1.85 bits per heavy atom. The maximum atomic E-state index is 10.7. The van der Waals surface area contributed by atoms with Gasteiger partial charge in [0.15, 0.2) is 0 Å². The molecule has 2 nitrogen and oxygen atoms in total. The fourth-order valence-electron chi connectivity index (χ4n) is 0.450. The largest absolute Gasteiger partial charge is 0.355 e. The second-order valence-corrected chi connectivity index (χ2v) is 2.66. The number of nitrogens with one attached hydrogen (secondary N) is 1. The van der Waals surface area contributed by atoms with E-state index < -0.39 is 0 Å². The van der Waals surface area contributed by atoms with Gasteiger partial charge in [-0.15, -0.1) is 0 Å². The summed E-state index contributed by atoms with van der Waals surface area (Å²) < 4.78 is 0. The molecule has 0 aromatic carbocycles. The molecule has 1 amide bonds. The fraction of sp³-hybridized carbons (Fsp3) is 0.545. The Bertz CT molecular complexity index is 169. The fourth-order valence-corrected chi connectivity index (χ4v) is 0.450. The summed E-state index contributed by atoms with van der Waals surface area (Å²) in [6.07, 6.45) is 5.89. The summed E-state index contributed by atoms with van der Waals surface area (Å²) in [4.78, 5) is 10.7. The van der Waals surface area contributed by atoms with Crippen LogP contribution in [0.5, 0.6) is 0 Å². The van der Waals surface area contributed by atoms with Gasteiger partial charge in [-0.05, 0) is 6.92 Å². The summed E-state index contributed by atoms with van der Waals surface area (Å²) in [5.74, 6) is -0.0603. The van der Waals surface area contributed by atoms with Gasteiger partial charge in [0.05, 0.1) is 0 Å². The van der Waals surface area contributed by atoms with E-state index in [-0.39, 0.29) is 5.91 Å². The third-order valence-corrected chi connectivity index (χ3v) is 1.45. The molecule has 1 N–H and O–H groups in total. The van der Waals surface area contributed by atoms with Crippen molar-refractivity contribution in [1.29, 1.82) is 0 Å². The zero-order chi connectivity index (χ0) is 10.7. The number of allylic oxidation sites excluding steroid dienone is 2. The van der Waals surface area contributed by atoms with Gasteiger partial charge in [0, 0.05) is 12.6 Å². The van der Waals surface area contributed by atoms with Crippen molar-refractivity contribution in [3.05, 3.63) is 24.3 Å². The molecule has 0 rings (SSSR count). The second kappa shape index (κ2) is 11.0. The van der Waals surface area contributed by atoms with Crippen molar-refractivity contribution in [1.82, 2.24) is 5.32 Å². The number of carbonyl (C=O) groups excluding carboxylic acids is 1. The summed E-state index contributed by atoms with van der Waals surface area (Å²) in [6, 6.07) is 0. The van der Waals surface area contributed by atoms with Gasteiger partial charge in [0.2, 0.25) is 5.91 Å². The molecule has 0 atom stereocenters. The average Bonchev–Trinajstić information content (AvgIpc) is 2.17. The standard InChI is InChI=1S/C7H11NO.C4H10/c1-4-5-6(2)7(9)8-3;1-3-4-2/h4-5H,1H2,2-3H3,(H,8,9);3-4H2,1-2H3/b6-5+;. The highest BCUT2D eigenvalue weighted by molar-refractivity contribution is 5.92. The Labute approximate surface area is 81.7 Å². The molecule has 76 valence electrons. The number of carbonyl (C=O) groups is 1. The number of hydrogen-bond acceptors (Lipinski definition) is 1. The average molecular weight is 183 g/mol. The molecule has 0 aromatic rings. The van der Waals surface area contributed by atoms with E-state index in [0.717, 1.165) is 0 Å². The van der Waals surface area contributed by atoms with Crippen molar-refractivity contribution in [3.63, 3.8) is 0 Å². The number of rotatable bonds is 3. The first-order valence-electron chi connectivity index (χ1n) is 4.65. The SMILES string of the molecule is C=C/C=C(\C)C(=O)NC.CCCC. The molecule has 0 saturated carbocycles. The van der Waals surface area contributed by atoms with Gasteiger partial charge < -0.3 is 5.32 Å². The van der Waals surface area contributed by atoms with Gasteiger partial charge in [-0.3, -0.25) is 4.79 Å². The first-order chi connectivity index (χ1) is 6.13. The molecule has 0 aromatic heterocycles. The molecule has 0 saturated heterocycles. The minimum absolute atomic E-state index is 0.0603. The molecular formula is C11H21NO. The maximum Gasteiger partial charge on any atom is 0.246 e. The van der Waals surface area contributed by atoms with Gasteiger partial charge in [-0.2, -0.15) is 0 Å². The van der Waals surface area contributed by atoms with Crippen LogP contribution in [0.2, 0.25) is 0 Å². The lowest BCUT2D eigenvalue weighted by Crippen LogP contribution is -2.18. The van der Waals surface area contributed by atoms with Crippen LogP contribution in [0, 0.1) is 0 Å². The quantitative estimate of drug-likeness (QED) is 0.529. The predicted molar refractivity (Wildman–Crippen MR) is 58.6 cm³/mol. The van der Waals surface area contributed by atoms with Crippen molar-refractivity contribution >= 4 is 5.91 Å². The second-order valence-electron chi connectivity index (χ2n) is 2.66. The number of likely N-dealkylation sites (N-methyl/N-ethyl adjacent to an activating group) is 1. The summed E-state index contributed by atoms with van der Waals surface area (Å²) >= 11 is 0. The molecule has 0 heterocycles. The molecule has 0 radical (unpaired) electrons. The van der Waals surface area contributed by atoms with E-state index in [1.807, 2.05) is 0 Å². The summed E-state index contributed by atoms with van der Waals surface area (Å²) in [5.41, 5.74) is 0.674. The number of hydrogen-bond donors (Lipinski definition) is 1. The topological polar surface area (TPSA) is 29.1 Å². The third kappa shape index (κ3) is 10.9. The lowest BCUT2D eigenvalue weighted by molar-refractivity contribution is -0.116. The number of amides is 1. The smallest absolute Gasteiger partial charge is 0.246 e. The van der Waals surface area contributed by atoms with E-state index in [1.54, 1.807) is 26.1 Å². The Hall–Kier alpha value is -1.05. The van der Waals surface area contributed by atoms with E-state index in [4.69, 9.17) is 0 Å². The van der Waals surface area contributed by atoms with Gasteiger partial charge in [0.1, 0.15) is 0 Å². The van der Waals surface area contributed by atoms with Crippen molar-refractivity contribution in [3.8, 4) is 0 Å². The Morgan fingerprint density at radius 3 is 2.08 bits per heavy atom. The predicted octanol–water partition coefficient (Wildman–Crippen LogP) is 2.67. The molecule has 0 aliphatic heterocycles. The van der Waals surface area contributed by atoms with Crippen molar-refractivity contribution < 1.29 is 4.79 Å². The van der Waals surface area contributed by atoms with E-state index >= 15 is 0 Å². The minimum atomic E-state index is -0.0603.